The van der Waals surface area contributed by atoms with E-state index < -0.39 is 0 Å². The Kier molecular flexibility index (Phi) is 5.25. The molecule has 1 amide bonds. The molecule has 4 aromatic rings. The van der Waals surface area contributed by atoms with Crippen LogP contribution in [0.4, 0.5) is 0 Å². The zero-order valence-corrected chi connectivity index (χ0v) is 16.2. The van der Waals surface area contributed by atoms with Gasteiger partial charge in [0.1, 0.15) is 5.69 Å². The lowest BCUT2D eigenvalue weighted by Gasteiger charge is -2.09. The summed E-state index contributed by atoms with van der Waals surface area (Å²) in [6.07, 6.45) is 4.20. The van der Waals surface area contributed by atoms with Crippen molar-refractivity contribution in [3.8, 4) is 16.9 Å². The molecular weight excluding hydrogens is 370 g/mol. The smallest absolute Gasteiger partial charge is 0.274 e. The van der Waals surface area contributed by atoms with Crippen molar-refractivity contribution in [1.82, 2.24) is 25.3 Å². The summed E-state index contributed by atoms with van der Waals surface area (Å²) >= 11 is 1.68. The van der Waals surface area contributed by atoms with Crippen LogP contribution in [0.25, 0.3) is 16.9 Å². The van der Waals surface area contributed by atoms with Crippen molar-refractivity contribution in [2.45, 2.75) is 13.3 Å². The van der Waals surface area contributed by atoms with E-state index in [4.69, 9.17) is 0 Å². The average Bonchev–Trinajstić information content (AvgIpc) is 3.39. The minimum Gasteiger partial charge on any atom is -0.350 e. The number of nitrogens with zero attached hydrogens (tertiary/aromatic N) is 4. The first-order valence-corrected chi connectivity index (χ1v) is 9.84. The van der Waals surface area contributed by atoms with Gasteiger partial charge in [-0.15, -0.1) is 16.4 Å². The normalized spacial score (nSPS) is 10.8. The summed E-state index contributed by atoms with van der Waals surface area (Å²) in [6.45, 7) is 2.57. The van der Waals surface area contributed by atoms with Gasteiger partial charge in [0, 0.05) is 29.4 Å². The van der Waals surface area contributed by atoms with E-state index >= 15 is 0 Å². The largest absolute Gasteiger partial charge is 0.350 e. The third kappa shape index (κ3) is 3.84. The number of aryl methyl sites for hydroxylation is 1. The summed E-state index contributed by atoms with van der Waals surface area (Å²) in [5.74, 6) is -0.242. The predicted molar refractivity (Wildman–Crippen MR) is 110 cm³/mol. The topological polar surface area (TPSA) is 72.7 Å². The molecule has 0 saturated heterocycles. The van der Waals surface area contributed by atoms with Crippen LogP contribution in [0.2, 0.25) is 0 Å². The second kappa shape index (κ2) is 8.14. The number of thiophene rings is 1. The number of amides is 1. The zero-order chi connectivity index (χ0) is 19.3. The average molecular weight is 389 g/mol. The number of rotatable bonds is 6. The van der Waals surface area contributed by atoms with E-state index in [0.717, 1.165) is 23.2 Å². The van der Waals surface area contributed by atoms with Crippen LogP contribution in [-0.2, 0) is 6.42 Å². The summed E-state index contributed by atoms with van der Waals surface area (Å²) in [6, 6.07) is 15.7. The van der Waals surface area contributed by atoms with Gasteiger partial charge in [0.25, 0.3) is 5.91 Å². The molecule has 0 fully saturated rings. The van der Waals surface area contributed by atoms with Gasteiger partial charge >= 0.3 is 0 Å². The quantitative estimate of drug-likeness (QED) is 0.546. The van der Waals surface area contributed by atoms with Gasteiger partial charge in [0.05, 0.1) is 5.69 Å². The Morgan fingerprint density at radius 2 is 2.00 bits per heavy atom. The molecule has 1 N–H and O–H groups in total. The minimum atomic E-state index is -0.242. The molecule has 3 aromatic heterocycles. The maximum absolute atomic E-state index is 12.8. The summed E-state index contributed by atoms with van der Waals surface area (Å²) in [5, 5.41) is 13.4. The second-order valence-electron chi connectivity index (χ2n) is 6.36. The standard InChI is InChI=1S/C21H19N5OS/c1-15-6-8-17(9-7-15)26-20(16-4-2-11-22-14-16)19(24-25-26)21(27)23-12-10-18-5-3-13-28-18/h2-9,11,13-14H,10,12H2,1H3,(H,23,27). The molecule has 28 heavy (non-hydrogen) atoms. The predicted octanol–water partition coefficient (Wildman–Crippen LogP) is 3.67. The number of hydrogen-bond acceptors (Lipinski definition) is 5. The Hall–Kier alpha value is -3.32. The fourth-order valence-electron chi connectivity index (χ4n) is 2.90. The molecule has 0 bridgehead atoms. The molecule has 1 aromatic carbocycles. The molecule has 0 radical (unpaired) electrons. The van der Waals surface area contributed by atoms with Crippen molar-refractivity contribution in [2.24, 2.45) is 0 Å². The van der Waals surface area contributed by atoms with E-state index in [2.05, 4.69) is 26.7 Å². The van der Waals surface area contributed by atoms with Crippen molar-refractivity contribution in [2.75, 3.05) is 6.54 Å². The van der Waals surface area contributed by atoms with E-state index in [9.17, 15) is 4.79 Å². The SMILES string of the molecule is Cc1ccc(-n2nnc(C(=O)NCCc3cccs3)c2-c2cccnc2)cc1. The highest BCUT2D eigenvalue weighted by atomic mass is 32.1. The van der Waals surface area contributed by atoms with Crippen LogP contribution < -0.4 is 5.32 Å². The number of carbonyl (C=O) groups excluding carboxylic acids is 1. The van der Waals surface area contributed by atoms with Gasteiger partial charge in [0.2, 0.25) is 0 Å². The molecule has 6 nitrogen and oxygen atoms in total. The highest BCUT2D eigenvalue weighted by molar-refractivity contribution is 7.09. The van der Waals surface area contributed by atoms with Gasteiger partial charge < -0.3 is 5.32 Å². The van der Waals surface area contributed by atoms with Crippen LogP contribution in [0, 0.1) is 6.92 Å². The summed E-state index contributed by atoms with van der Waals surface area (Å²) in [7, 11) is 0. The van der Waals surface area contributed by atoms with Gasteiger partial charge in [-0.3, -0.25) is 9.78 Å². The number of benzene rings is 1. The molecule has 7 heteroatoms. The number of hydrogen-bond donors (Lipinski definition) is 1. The molecule has 0 aliphatic heterocycles. The van der Waals surface area contributed by atoms with Crippen LogP contribution in [0.1, 0.15) is 20.9 Å². The molecule has 4 rings (SSSR count). The van der Waals surface area contributed by atoms with Crippen molar-refractivity contribution in [1.29, 1.82) is 0 Å². The maximum Gasteiger partial charge on any atom is 0.274 e. The molecule has 0 atom stereocenters. The van der Waals surface area contributed by atoms with E-state index in [-0.39, 0.29) is 5.91 Å². The van der Waals surface area contributed by atoms with Gasteiger partial charge in [-0.1, -0.05) is 29.0 Å². The van der Waals surface area contributed by atoms with Crippen LogP contribution in [0.5, 0.6) is 0 Å². The van der Waals surface area contributed by atoms with Crippen molar-refractivity contribution < 1.29 is 4.79 Å². The Labute approximate surface area is 166 Å². The molecule has 3 heterocycles. The van der Waals surface area contributed by atoms with Crippen molar-refractivity contribution >= 4 is 17.2 Å². The van der Waals surface area contributed by atoms with Gasteiger partial charge in [-0.25, -0.2) is 4.68 Å². The highest BCUT2D eigenvalue weighted by Crippen LogP contribution is 2.24. The number of nitrogens with one attached hydrogen (secondary N) is 1. The fraction of sp³-hybridized carbons (Fsp3) is 0.143. The number of aromatic nitrogens is 4. The lowest BCUT2D eigenvalue weighted by molar-refractivity contribution is 0.0950. The zero-order valence-electron chi connectivity index (χ0n) is 15.4. The molecule has 0 aliphatic carbocycles. The molecule has 140 valence electrons. The van der Waals surface area contributed by atoms with Crippen molar-refractivity contribution in [3.63, 3.8) is 0 Å². The van der Waals surface area contributed by atoms with Crippen molar-refractivity contribution in [3.05, 3.63) is 82.4 Å². The Morgan fingerprint density at radius 3 is 2.71 bits per heavy atom. The molecule has 0 aliphatic rings. The summed E-state index contributed by atoms with van der Waals surface area (Å²) in [5.41, 5.74) is 3.70. The van der Waals surface area contributed by atoms with Gasteiger partial charge in [0.15, 0.2) is 5.69 Å². The molecular formula is C21H19N5OS. The molecule has 0 unspecified atom stereocenters. The Bertz CT molecular complexity index is 1060. The first-order chi connectivity index (χ1) is 13.7. The number of carbonyl (C=O) groups is 1. The molecule has 0 spiro atoms. The fourth-order valence-corrected chi connectivity index (χ4v) is 3.61. The lowest BCUT2D eigenvalue weighted by Crippen LogP contribution is -2.26. The monoisotopic (exact) mass is 389 g/mol. The van der Waals surface area contributed by atoms with Crippen LogP contribution in [0.3, 0.4) is 0 Å². The highest BCUT2D eigenvalue weighted by Gasteiger charge is 2.22. The van der Waals surface area contributed by atoms with E-state index in [1.54, 1.807) is 28.4 Å². The van der Waals surface area contributed by atoms with E-state index in [1.165, 1.54) is 4.88 Å². The lowest BCUT2D eigenvalue weighted by atomic mass is 10.1. The van der Waals surface area contributed by atoms with Gasteiger partial charge in [-0.05, 0) is 49.1 Å². The van der Waals surface area contributed by atoms with Crippen LogP contribution >= 0.6 is 11.3 Å². The third-order valence-electron chi connectivity index (χ3n) is 4.34. The number of pyridine rings is 1. The summed E-state index contributed by atoms with van der Waals surface area (Å²) in [4.78, 5) is 18.2. The molecule has 0 saturated carbocycles. The van der Waals surface area contributed by atoms with E-state index in [1.807, 2.05) is 54.8 Å². The van der Waals surface area contributed by atoms with E-state index in [0.29, 0.717) is 17.9 Å². The maximum atomic E-state index is 12.8. The minimum absolute atomic E-state index is 0.242. The summed E-state index contributed by atoms with van der Waals surface area (Å²) < 4.78 is 1.69. The Balaban J connectivity index is 1.65. The van der Waals surface area contributed by atoms with Crippen LogP contribution in [-0.4, -0.2) is 32.4 Å². The second-order valence-corrected chi connectivity index (χ2v) is 7.39. The van der Waals surface area contributed by atoms with Gasteiger partial charge in [-0.2, -0.15) is 0 Å². The van der Waals surface area contributed by atoms with Crippen LogP contribution in [0.15, 0.2) is 66.3 Å². The third-order valence-corrected chi connectivity index (χ3v) is 5.27. The first-order valence-electron chi connectivity index (χ1n) is 8.96. The Morgan fingerprint density at radius 1 is 1.14 bits per heavy atom. The first kappa shape index (κ1) is 18.1.